The molecule has 2 aliphatic carbocycles. The SMILES string of the molecule is COc1ccc([C@@H]2CC(=O)C3=C(C2)NC(C)=C(C(=O)OC2CCCC2)[C@H]3c2cc3c(cc2Cl)OCO3)cc1. The Bertz CT molecular complexity index is 1360. The summed E-state index contributed by atoms with van der Waals surface area (Å²) in [5.74, 6) is 0.791. The number of fused-ring (bicyclic) bond motifs is 1. The van der Waals surface area contributed by atoms with Gasteiger partial charge in [0.1, 0.15) is 11.9 Å². The van der Waals surface area contributed by atoms with E-state index in [2.05, 4.69) is 5.32 Å². The average molecular weight is 536 g/mol. The maximum absolute atomic E-state index is 13.9. The molecule has 8 heteroatoms. The fraction of sp³-hybridized carbons (Fsp3) is 0.400. The van der Waals surface area contributed by atoms with Crippen LogP contribution in [-0.2, 0) is 14.3 Å². The van der Waals surface area contributed by atoms with Crippen molar-refractivity contribution in [1.29, 1.82) is 0 Å². The number of carbonyl (C=O) groups is 2. The summed E-state index contributed by atoms with van der Waals surface area (Å²) in [6.07, 6.45) is 4.67. The molecule has 0 bridgehead atoms. The van der Waals surface area contributed by atoms with Crippen molar-refractivity contribution in [2.45, 2.75) is 63.4 Å². The van der Waals surface area contributed by atoms with Crippen molar-refractivity contribution in [3.63, 3.8) is 0 Å². The second-order valence-corrected chi connectivity index (χ2v) is 10.7. The first-order valence-electron chi connectivity index (χ1n) is 13.1. The van der Waals surface area contributed by atoms with Crippen molar-refractivity contribution in [2.75, 3.05) is 13.9 Å². The smallest absolute Gasteiger partial charge is 0.337 e. The summed E-state index contributed by atoms with van der Waals surface area (Å²) in [4.78, 5) is 27.5. The quantitative estimate of drug-likeness (QED) is 0.475. The van der Waals surface area contributed by atoms with Gasteiger partial charge in [0.25, 0.3) is 0 Å². The van der Waals surface area contributed by atoms with Crippen LogP contribution >= 0.6 is 11.6 Å². The number of methoxy groups -OCH3 is 1. The Labute approximate surface area is 226 Å². The standard InChI is InChI=1S/C30H30ClNO6/c1-16-27(30(34)38-20-5-3-4-6-20)28(21-13-25-26(14-22(21)31)37-15-36-25)29-23(32-16)11-18(12-24(29)33)17-7-9-19(35-2)10-8-17/h7-10,13-14,18,20,28,32H,3-6,11-12,15H2,1-2H3/t18-,28+/m0/s1. The Morgan fingerprint density at radius 2 is 1.76 bits per heavy atom. The van der Waals surface area contributed by atoms with Crippen molar-refractivity contribution < 1.29 is 28.5 Å². The number of ketones is 1. The molecule has 1 fully saturated rings. The molecule has 2 atom stereocenters. The van der Waals surface area contributed by atoms with Gasteiger partial charge in [0.05, 0.1) is 12.7 Å². The first kappa shape index (κ1) is 24.9. The van der Waals surface area contributed by atoms with Gasteiger partial charge < -0.3 is 24.3 Å². The summed E-state index contributed by atoms with van der Waals surface area (Å²) < 4.78 is 22.4. The zero-order valence-electron chi connectivity index (χ0n) is 21.5. The third-order valence-electron chi connectivity index (χ3n) is 8.01. The highest BCUT2D eigenvalue weighted by Crippen LogP contribution is 2.50. The summed E-state index contributed by atoms with van der Waals surface area (Å²) in [5, 5.41) is 3.83. The zero-order valence-corrected chi connectivity index (χ0v) is 22.2. The Balaban J connectivity index is 1.41. The lowest BCUT2D eigenvalue weighted by Gasteiger charge is -2.37. The van der Waals surface area contributed by atoms with Crippen LogP contribution in [0.5, 0.6) is 17.2 Å². The molecule has 38 heavy (non-hydrogen) atoms. The van der Waals surface area contributed by atoms with Crippen LogP contribution in [0, 0.1) is 0 Å². The monoisotopic (exact) mass is 535 g/mol. The first-order valence-corrected chi connectivity index (χ1v) is 13.5. The summed E-state index contributed by atoms with van der Waals surface area (Å²) in [5.41, 5.74) is 4.19. The molecule has 6 rings (SSSR count). The van der Waals surface area contributed by atoms with E-state index >= 15 is 0 Å². The van der Waals surface area contributed by atoms with Gasteiger partial charge in [-0.2, -0.15) is 0 Å². The maximum atomic E-state index is 13.9. The topological polar surface area (TPSA) is 83.1 Å². The van der Waals surface area contributed by atoms with Crippen LogP contribution in [-0.4, -0.2) is 31.8 Å². The number of hydrogen-bond acceptors (Lipinski definition) is 7. The van der Waals surface area contributed by atoms with Gasteiger partial charge in [-0.15, -0.1) is 0 Å². The predicted molar refractivity (Wildman–Crippen MR) is 142 cm³/mol. The Kier molecular flexibility index (Phi) is 6.56. The number of benzene rings is 2. The average Bonchev–Trinajstić information content (AvgIpc) is 3.59. The Morgan fingerprint density at radius 3 is 2.47 bits per heavy atom. The van der Waals surface area contributed by atoms with Gasteiger partial charge in [-0.1, -0.05) is 23.7 Å². The minimum absolute atomic E-state index is 0.00678. The molecule has 2 aliphatic heterocycles. The highest BCUT2D eigenvalue weighted by molar-refractivity contribution is 6.32. The molecule has 198 valence electrons. The molecule has 0 spiro atoms. The molecular formula is C30H30ClNO6. The van der Waals surface area contributed by atoms with Crippen LogP contribution in [0.25, 0.3) is 0 Å². The number of hydrogen-bond donors (Lipinski definition) is 1. The second kappa shape index (κ2) is 10.0. The largest absolute Gasteiger partial charge is 0.497 e. The van der Waals surface area contributed by atoms with Crippen LogP contribution in [0.4, 0.5) is 0 Å². The lowest BCUT2D eigenvalue weighted by molar-refractivity contribution is -0.144. The summed E-state index contributed by atoms with van der Waals surface area (Å²) >= 11 is 6.78. The molecule has 2 heterocycles. The van der Waals surface area contributed by atoms with E-state index in [0.717, 1.165) is 42.7 Å². The number of nitrogens with one attached hydrogen (secondary N) is 1. The van der Waals surface area contributed by atoms with Gasteiger partial charge in [-0.25, -0.2) is 4.79 Å². The van der Waals surface area contributed by atoms with E-state index in [0.29, 0.717) is 51.8 Å². The molecule has 0 saturated heterocycles. The molecule has 2 aromatic rings. The lowest BCUT2D eigenvalue weighted by Crippen LogP contribution is -2.36. The van der Waals surface area contributed by atoms with E-state index in [1.54, 1.807) is 19.2 Å². The van der Waals surface area contributed by atoms with E-state index in [-0.39, 0.29) is 24.6 Å². The number of halogens is 1. The number of dihydropyridines is 1. The predicted octanol–water partition coefficient (Wildman–Crippen LogP) is 5.92. The van der Waals surface area contributed by atoms with Gasteiger partial charge in [0.15, 0.2) is 17.3 Å². The summed E-state index contributed by atoms with van der Waals surface area (Å²) in [6, 6.07) is 11.3. The van der Waals surface area contributed by atoms with Crippen LogP contribution in [0.2, 0.25) is 5.02 Å². The highest BCUT2D eigenvalue weighted by atomic mass is 35.5. The summed E-state index contributed by atoms with van der Waals surface area (Å²) in [7, 11) is 1.63. The minimum Gasteiger partial charge on any atom is -0.497 e. The van der Waals surface area contributed by atoms with E-state index in [4.69, 9.17) is 30.5 Å². The molecule has 1 N–H and O–H groups in total. The van der Waals surface area contributed by atoms with Crippen molar-refractivity contribution in [1.82, 2.24) is 5.32 Å². The third kappa shape index (κ3) is 4.43. The highest BCUT2D eigenvalue weighted by Gasteiger charge is 2.43. The molecule has 1 saturated carbocycles. The maximum Gasteiger partial charge on any atom is 0.337 e. The number of Topliss-reactive ketones (excluding diaryl/α,β-unsaturated/α-hetero) is 1. The lowest BCUT2D eigenvalue weighted by atomic mass is 9.71. The third-order valence-corrected chi connectivity index (χ3v) is 8.34. The van der Waals surface area contributed by atoms with E-state index in [1.165, 1.54) is 0 Å². The fourth-order valence-electron chi connectivity index (χ4n) is 6.11. The normalized spacial score (nSPS) is 22.9. The number of allylic oxidation sites excluding steroid dienone is 3. The minimum atomic E-state index is -0.661. The van der Waals surface area contributed by atoms with E-state index < -0.39 is 11.9 Å². The van der Waals surface area contributed by atoms with Crippen molar-refractivity contribution in [3.8, 4) is 17.2 Å². The first-order chi connectivity index (χ1) is 18.4. The number of carbonyl (C=O) groups excluding carboxylic acids is 2. The van der Waals surface area contributed by atoms with Crippen LogP contribution in [0.1, 0.15) is 68.4 Å². The van der Waals surface area contributed by atoms with Crippen LogP contribution in [0.15, 0.2) is 58.9 Å². The molecule has 0 aromatic heterocycles. The molecule has 7 nitrogen and oxygen atoms in total. The van der Waals surface area contributed by atoms with Gasteiger partial charge in [0.2, 0.25) is 6.79 Å². The van der Waals surface area contributed by atoms with Gasteiger partial charge in [-0.05, 0) is 74.3 Å². The van der Waals surface area contributed by atoms with E-state index in [1.807, 2.05) is 31.2 Å². The molecule has 0 radical (unpaired) electrons. The van der Waals surface area contributed by atoms with Gasteiger partial charge >= 0.3 is 5.97 Å². The Morgan fingerprint density at radius 1 is 1.05 bits per heavy atom. The molecule has 2 aromatic carbocycles. The number of esters is 1. The Hall–Kier alpha value is -3.45. The van der Waals surface area contributed by atoms with Crippen molar-refractivity contribution in [2.24, 2.45) is 0 Å². The number of rotatable bonds is 5. The zero-order chi connectivity index (χ0) is 26.4. The van der Waals surface area contributed by atoms with E-state index in [9.17, 15) is 9.59 Å². The van der Waals surface area contributed by atoms with Gasteiger partial charge in [-0.3, -0.25) is 4.79 Å². The fourth-order valence-corrected chi connectivity index (χ4v) is 6.37. The van der Waals surface area contributed by atoms with Gasteiger partial charge in [0, 0.05) is 40.4 Å². The van der Waals surface area contributed by atoms with Crippen LogP contribution < -0.4 is 19.5 Å². The van der Waals surface area contributed by atoms with Crippen LogP contribution in [0.3, 0.4) is 0 Å². The summed E-state index contributed by atoms with van der Waals surface area (Å²) in [6.45, 7) is 1.97. The second-order valence-electron chi connectivity index (χ2n) is 10.3. The molecule has 4 aliphatic rings. The number of ether oxygens (including phenoxy) is 4. The van der Waals surface area contributed by atoms with Crippen molar-refractivity contribution >= 4 is 23.4 Å². The molecule has 0 unspecified atom stereocenters. The van der Waals surface area contributed by atoms with Crippen molar-refractivity contribution in [3.05, 3.63) is 75.1 Å². The molecular weight excluding hydrogens is 506 g/mol. The molecule has 0 amide bonds.